The predicted octanol–water partition coefficient (Wildman–Crippen LogP) is 4.51. The molecule has 6 nitrogen and oxygen atoms in total. The van der Waals surface area contributed by atoms with Crippen LogP contribution in [0, 0.1) is 5.92 Å². The number of aryl methyl sites for hydroxylation is 1. The van der Waals surface area contributed by atoms with Crippen molar-refractivity contribution < 1.29 is 9.32 Å². The van der Waals surface area contributed by atoms with Gasteiger partial charge in [0.2, 0.25) is 0 Å². The van der Waals surface area contributed by atoms with Crippen molar-refractivity contribution in [2.24, 2.45) is 5.92 Å². The van der Waals surface area contributed by atoms with E-state index in [9.17, 15) is 4.79 Å². The molecule has 0 radical (unpaired) electrons. The smallest absolute Gasteiger partial charge is 0.278 e. The van der Waals surface area contributed by atoms with Crippen LogP contribution < -0.4 is 5.32 Å². The minimum Gasteiger partial charge on any atom is -0.360 e. The Morgan fingerprint density at radius 3 is 2.93 bits per heavy atom. The number of nitrogens with one attached hydrogen (secondary N) is 1. The maximum absolute atomic E-state index is 12.7. The summed E-state index contributed by atoms with van der Waals surface area (Å²) in [6.07, 6.45) is 6.19. The Hall–Kier alpha value is -2.60. The molecule has 0 aliphatic heterocycles. The Labute approximate surface area is 162 Å². The van der Waals surface area contributed by atoms with Gasteiger partial charge >= 0.3 is 0 Å². The maximum atomic E-state index is 12.7. The molecule has 1 aromatic carbocycles. The lowest BCUT2D eigenvalue weighted by Gasteiger charge is -2.16. The molecule has 140 valence electrons. The first-order valence-electron chi connectivity index (χ1n) is 9.09. The number of carbonyl (C=O) groups is 1. The van der Waals surface area contributed by atoms with Gasteiger partial charge in [-0.1, -0.05) is 35.8 Å². The number of amides is 1. The van der Waals surface area contributed by atoms with Crippen LogP contribution in [0.1, 0.15) is 53.7 Å². The topological polar surface area (TPSA) is 73.0 Å². The van der Waals surface area contributed by atoms with Crippen molar-refractivity contribution in [3.8, 4) is 0 Å². The molecule has 2 aromatic heterocycles. The molecule has 0 bridgehead atoms. The van der Waals surface area contributed by atoms with E-state index in [1.807, 2.05) is 37.4 Å². The predicted molar refractivity (Wildman–Crippen MR) is 103 cm³/mol. The number of anilines is 1. The van der Waals surface area contributed by atoms with Crippen LogP contribution in [-0.4, -0.2) is 20.8 Å². The molecule has 0 fully saturated rings. The first kappa shape index (κ1) is 17.8. The monoisotopic (exact) mass is 384 g/mol. The van der Waals surface area contributed by atoms with Crippen molar-refractivity contribution in [1.29, 1.82) is 0 Å². The minimum absolute atomic E-state index is 0.0218. The highest BCUT2D eigenvalue weighted by Gasteiger charge is 2.27. The number of aromatic nitrogens is 3. The number of hydrogen-bond donors (Lipinski definition) is 1. The van der Waals surface area contributed by atoms with Gasteiger partial charge in [-0.15, -0.1) is 0 Å². The van der Waals surface area contributed by atoms with E-state index in [0.29, 0.717) is 22.3 Å². The van der Waals surface area contributed by atoms with Crippen molar-refractivity contribution in [3.05, 3.63) is 64.3 Å². The van der Waals surface area contributed by atoms with Crippen molar-refractivity contribution in [2.45, 2.75) is 39.2 Å². The summed E-state index contributed by atoms with van der Waals surface area (Å²) in [4.78, 5) is 12.7. The summed E-state index contributed by atoms with van der Waals surface area (Å²) in [5.74, 6) is 1.12. The lowest BCUT2D eigenvalue weighted by Crippen LogP contribution is -2.17. The molecule has 2 atom stereocenters. The van der Waals surface area contributed by atoms with Gasteiger partial charge in [0, 0.05) is 23.2 Å². The van der Waals surface area contributed by atoms with Crippen molar-refractivity contribution in [1.82, 2.24) is 14.9 Å². The molecule has 0 saturated heterocycles. The summed E-state index contributed by atoms with van der Waals surface area (Å²) >= 11 is 5.95. The number of halogens is 1. The van der Waals surface area contributed by atoms with Crippen LogP contribution in [0.25, 0.3) is 0 Å². The molecule has 1 aliphatic rings. The van der Waals surface area contributed by atoms with Gasteiger partial charge in [0.15, 0.2) is 5.69 Å². The molecule has 1 amide bonds. The average Bonchev–Trinajstić information content (AvgIpc) is 3.28. The van der Waals surface area contributed by atoms with Crippen molar-refractivity contribution >= 4 is 23.2 Å². The van der Waals surface area contributed by atoms with E-state index in [-0.39, 0.29) is 11.9 Å². The number of rotatable bonds is 4. The van der Waals surface area contributed by atoms with Crippen molar-refractivity contribution in [2.75, 3.05) is 5.32 Å². The first-order valence-corrected chi connectivity index (χ1v) is 9.47. The largest absolute Gasteiger partial charge is 0.360 e. The van der Waals surface area contributed by atoms with Gasteiger partial charge in [-0.2, -0.15) is 5.10 Å². The standard InChI is InChI=1S/C20H21ClN4O2/c1-12-3-8-18-17(9-12)19(24-27-18)20(26)23-16-10-22-25(11-16)13(2)14-4-6-15(21)7-5-14/h4-7,10-13H,3,8-9H2,1-2H3,(H,23,26). The zero-order valence-corrected chi connectivity index (χ0v) is 16.0. The zero-order chi connectivity index (χ0) is 19.0. The lowest BCUT2D eigenvalue weighted by atomic mass is 9.88. The second kappa shape index (κ2) is 7.19. The summed E-state index contributed by atoms with van der Waals surface area (Å²) < 4.78 is 7.17. The lowest BCUT2D eigenvalue weighted by molar-refractivity contribution is 0.101. The number of carbonyl (C=O) groups excluding carboxylic acids is 1. The van der Waals surface area contributed by atoms with E-state index in [0.717, 1.165) is 36.1 Å². The highest BCUT2D eigenvalue weighted by Crippen LogP contribution is 2.28. The van der Waals surface area contributed by atoms with Crippen LogP contribution in [0.2, 0.25) is 5.02 Å². The van der Waals surface area contributed by atoms with Gasteiger partial charge in [-0.25, -0.2) is 0 Å². The fraction of sp³-hybridized carbons (Fsp3) is 0.350. The summed E-state index contributed by atoms with van der Waals surface area (Å²) in [6.45, 7) is 4.22. The molecule has 3 aromatic rings. The summed E-state index contributed by atoms with van der Waals surface area (Å²) in [5, 5.41) is 12.0. The van der Waals surface area contributed by atoms with Gasteiger partial charge < -0.3 is 9.84 Å². The van der Waals surface area contributed by atoms with Crippen LogP contribution >= 0.6 is 11.6 Å². The van der Waals surface area contributed by atoms with Gasteiger partial charge in [0.05, 0.1) is 17.9 Å². The van der Waals surface area contributed by atoms with Crippen molar-refractivity contribution in [3.63, 3.8) is 0 Å². The minimum atomic E-state index is -0.257. The highest BCUT2D eigenvalue weighted by molar-refractivity contribution is 6.30. The highest BCUT2D eigenvalue weighted by atomic mass is 35.5. The quantitative estimate of drug-likeness (QED) is 0.718. The van der Waals surface area contributed by atoms with Gasteiger partial charge in [0.25, 0.3) is 5.91 Å². The van der Waals surface area contributed by atoms with Crippen LogP contribution in [-0.2, 0) is 12.8 Å². The number of fused-ring (bicyclic) bond motifs is 1. The number of nitrogens with zero attached hydrogens (tertiary/aromatic N) is 3. The normalized spacial score (nSPS) is 17.4. The summed E-state index contributed by atoms with van der Waals surface area (Å²) in [7, 11) is 0. The molecule has 2 heterocycles. The van der Waals surface area contributed by atoms with Crippen LogP contribution in [0.3, 0.4) is 0 Å². The Kier molecular flexibility index (Phi) is 4.74. The molecular formula is C20H21ClN4O2. The van der Waals surface area contributed by atoms with Crippen LogP contribution in [0.5, 0.6) is 0 Å². The van der Waals surface area contributed by atoms with E-state index in [2.05, 4.69) is 22.5 Å². The number of benzene rings is 1. The fourth-order valence-electron chi connectivity index (χ4n) is 3.46. The average molecular weight is 385 g/mol. The molecule has 4 rings (SSSR count). The zero-order valence-electron chi connectivity index (χ0n) is 15.3. The SMILES string of the molecule is CC1CCc2onc(C(=O)Nc3cnn(C(C)c4ccc(Cl)cc4)c3)c2C1. The van der Waals surface area contributed by atoms with E-state index in [4.69, 9.17) is 16.1 Å². The molecule has 27 heavy (non-hydrogen) atoms. The van der Waals surface area contributed by atoms with E-state index < -0.39 is 0 Å². The third-order valence-corrected chi connectivity index (χ3v) is 5.36. The Bertz CT molecular complexity index is 961. The molecule has 1 aliphatic carbocycles. The maximum Gasteiger partial charge on any atom is 0.278 e. The third kappa shape index (κ3) is 3.62. The molecule has 7 heteroatoms. The van der Waals surface area contributed by atoms with E-state index in [1.165, 1.54) is 0 Å². The Balaban J connectivity index is 1.49. The van der Waals surface area contributed by atoms with E-state index >= 15 is 0 Å². The van der Waals surface area contributed by atoms with E-state index in [1.54, 1.807) is 10.9 Å². The van der Waals surface area contributed by atoms with Gasteiger partial charge in [-0.05, 0) is 43.4 Å². The Morgan fingerprint density at radius 1 is 1.37 bits per heavy atom. The second-order valence-electron chi connectivity index (χ2n) is 7.17. The summed E-state index contributed by atoms with van der Waals surface area (Å²) in [5.41, 5.74) is 3.03. The third-order valence-electron chi connectivity index (χ3n) is 5.11. The molecule has 1 N–H and O–H groups in total. The Morgan fingerprint density at radius 2 is 2.15 bits per heavy atom. The fourth-order valence-corrected chi connectivity index (χ4v) is 3.58. The molecule has 0 spiro atoms. The van der Waals surface area contributed by atoms with Gasteiger partial charge in [-0.3, -0.25) is 9.48 Å². The molecule has 2 unspecified atom stereocenters. The first-order chi connectivity index (χ1) is 13.0. The van der Waals surface area contributed by atoms with Gasteiger partial charge in [0.1, 0.15) is 5.76 Å². The molecular weight excluding hydrogens is 364 g/mol. The molecule has 0 saturated carbocycles. The second-order valence-corrected chi connectivity index (χ2v) is 7.61. The number of hydrogen-bond acceptors (Lipinski definition) is 4. The van der Waals surface area contributed by atoms with Crippen LogP contribution in [0.4, 0.5) is 5.69 Å². The van der Waals surface area contributed by atoms with Crippen LogP contribution in [0.15, 0.2) is 41.2 Å². The summed E-state index contributed by atoms with van der Waals surface area (Å²) in [6, 6.07) is 7.67.